The molecule has 4 aromatic rings. The third kappa shape index (κ3) is 2.38. The van der Waals surface area contributed by atoms with Crippen LogP contribution >= 0.6 is 11.3 Å². The molecule has 0 saturated heterocycles. The van der Waals surface area contributed by atoms with E-state index >= 15 is 0 Å². The van der Waals surface area contributed by atoms with Crippen molar-refractivity contribution in [2.75, 3.05) is 0 Å². The average Bonchev–Trinajstić information content (AvgIpc) is 3.25. The zero-order valence-electron chi connectivity index (χ0n) is 15.1. The number of hydrogen-bond acceptors (Lipinski definition) is 6. The molecule has 0 spiro atoms. The first-order valence-electron chi connectivity index (χ1n) is 8.14. The van der Waals surface area contributed by atoms with E-state index in [0.717, 1.165) is 38.4 Å². The summed E-state index contributed by atoms with van der Waals surface area (Å²) in [5.74, 6) is 1.13. The zero-order chi connectivity index (χ0) is 17.9. The molecule has 8 nitrogen and oxygen atoms in total. The minimum atomic E-state index is 0.410. The Bertz CT molecular complexity index is 1080. The van der Waals surface area contributed by atoms with E-state index in [1.807, 2.05) is 37.3 Å². The fourth-order valence-corrected chi connectivity index (χ4v) is 3.90. The minimum absolute atomic E-state index is 0.410. The molecule has 0 radical (unpaired) electrons. The van der Waals surface area contributed by atoms with E-state index in [0.29, 0.717) is 5.92 Å². The maximum absolute atomic E-state index is 4.72. The van der Waals surface area contributed by atoms with Gasteiger partial charge in [-0.05, 0) is 25.8 Å². The van der Waals surface area contributed by atoms with E-state index in [-0.39, 0.29) is 0 Å². The molecule has 25 heavy (non-hydrogen) atoms. The van der Waals surface area contributed by atoms with E-state index in [1.54, 1.807) is 4.52 Å². The molecule has 4 rings (SSSR count). The molecule has 0 fully saturated rings. The smallest absolute Gasteiger partial charge is 0.235 e. The van der Waals surface area contributed by atoms with Crippen LogP contribution in [0.5, 0.6) is 0 Å². The zero-order valence-corrected chi connectivity index (χ0v) is 16.0. The van der Waals surface area contributed by atoms with Crippen LogP contribution in [-0.2, 0) is 14.1 Å². The molecule has 130 valence electrons. The fourth-order valence-electron chi connectivity index (χ4n) is 3.10. The van der Waals surface area contributed by atoms with Gasteiger partial charge in [0.25, 0.3) is 0 Å². The van der Waals surface area contributed by atoms with Crippen LogP contribution in [0.2, 0.25) is 0 Å². The average molecular weight is 356 g/mol. The number of fused-ring (bicyclic) bond motifs is 1. The number of nitrogens with zero attached hydrogens (tertiary/aromatic N) is 8. The summed E-state index contributed by atoms with van der Waals surface area (Å²) in [6.45, 7) is 8.32. The van der Waals surface area contributed by atoms with Crippen molar-refractivity contribution in [3.63, 3.8) is 0 Å². The van der Waals surface area contributed by atoms with Crippen molar-refractivity contribution in [1.82, 2.24) is 39.4 Å². The van der Waals surface area contributed by atoms with Crippen LogP contribution in [-0.4, -0.2) is 39.4 Å². The monoisotopic (exact) mass is 356 g/mol. The summed E-state index contributed by atoms with van der Waals surface area (Å²) in [7, 11) is 3.89. The van der Waals surface area contributed by atoms with Crippen molar-refractivity contribution in [3.8, 4) is 22.1 Å². The highest BCUT2D eigenvalue weighted by molar-refractivity contribution is 7.19. The van der Waals surface area contributed by atoms with Gasteiger partial charge in [0.2, 0.25) is 4.96 Å². The van der Waals surface area contributed by atoms with E-state index in [4.69, 9.17) is 5.10 Å². The first kappa shape index (κ1) is 15.9. The Morgan fingerprint density at radius 2 is 1.76 bits per heavy atom. The van der Waals surface area contributed by atoms with Gasteiger partial charge in [0.1, 0.15) is 5.69 Å². The third-order valence-corrected chi connectivity index (χ3v) is 5.37. The van der Waals surface area contributed by atoms with E-state index in [1.165, 1.54) is 17.0 Å². The molecule has 9 heteroatoms. The summed E-state index contributed by atoms with van der Waals surface area (Å²) in [6.07, 6.45) is 0. The van der Waals surface area contributed by atoms with Crippen LogP contribution in [0.4, 0.5) is 0 Å². The van der Waals surface area contributed by atoms with Crippen molar-refractivity contribution >= 4 is 16.3 Å². The minimum Gasteiger partial charge on any atom is -0.272 e. The summed E-state index contributed by atoms with van der Waals surface area (Å²) in [5.41, 5.74) is 4.99. The van der Waals surface area contributed by atoms with Gasteiger partial charge in [-0.25, -0.2) is 0 Å². The van der Waals surface area contributed by atoms with Crippen LogP contribution in [0.3, 0.4) is 0 Å². The summed E-state index contributed by atoms with van der Waals surface area (Å²) in [6, 6.07) is 2.09. The van der Waals surface area contributed by atoms with Crippen molar-refractivity contribution in [3.05, 3.63) is 23.1 Å². The van der Waals surface area contributed by atoms with Crippen LogP contribution in [0.15, 0.2) is 6.07 Å². The highest BCUT2D eigenvalue weighted by Gasteiger charge is 2.21. The second-order valence-electron chi connectivity index (χ2n) is 6.53. The third-order valence-electron chi connectivity index (χ3n) is 4.45. The largest absolute Gasteiger partial charge is 0.272 e. The highest BCUT2D eigenvalue weighted by atomic mass is 32.1. The first-order valence-corrected chi connectivity index (χ1v) is 8.95. The van der Waals surface area contributed by atoms with Gasteiger partial charge < -0.3 is 0 Å². The molecule has 4 heterocycles. The molecule has 0 amide bonds. The molecule has 0 aromatic carbocycles. The van der Waals surface area contributed by atoms with E-state index in [9.17, 15) is 0 Å². The quantitative estimate of drug-likeness (QED) is 0.564. The van der Waals surface area contributed by atoms with Gasteiger partial charge in [0.15, 0.2) is 10.8 Å². The van der Waals surface area contributed by atoms with Gasteiger partial charge in [-0.3, -0.25) is 9.36 Å². The Hall–Kier alpha value is -2.55. The molecule has 0 aliphatic heterocycles. The van der Waals surface area contributed by atoms with E-state index in [2.05, 4.69) is 40.3 Å². The number of aromatic nitrogens is 8. The van der Waals surface area contributed by atoms with Crippen LogP contribution in [0.1, 0.15) is 36.8 Å². The lowest BCUT2D eigenvalue weighted by Gasteiger charge is -2.02. The second-order valence-corrected chi connectivity index (χ2v) is 7.48. The number of rotatable bonds is 3. The molecule has 4 aromatic heterocycles. The number of aryl methyl sites for hydroxylation is 3. The molecule has 0 bridgehead atoms. The Balaban J connectivity index is 1.85. The van der Waals surface area contributed by atoms with Gasteiger partial charge in [-0.15, -0.1) is 10.2 Å². The van der Waals surface area contributed by atoms with Gasteiger partial charge in [0, 0.05) is 25.5 Å². The van der Waals surface area contributed by atoms with Crippen molar-refractivity contribution in [2.24, 2.45) is 14.1 Å². The number of hydrogen-bond donors (Lipinski definition) is 0. The molecule has 0 unspecified atom stereocenters. The summed E-state index contributed by atoms with van der Waals surface area (Å²) in [4.78, 5) is 0.754. The SMILES string of the molecule is Cc1nn(C)c(C)c1-c1nnc2sc(-c3cc(C(C)C)n(C)n3)nn12. The van der Waals surface area contributed by atoms with Crippen LogP contribution in [0, 0.1) is 13.8 Å². The van der Waals surface area contributed by atoms with Gasteiger partial charge in [-0.1, -0.05) is 25.2 Å². The van der Waals surface area contributed by atoms with Gasteiger partial charge in [-0.2, -0.15) is 19.8 Å². The van der Waals surface area contributed by atoms with Crippen LogP contribution < -0.4 is 0 Å². The summed E-state index contributed by atoms with van der Waals surface area (Å²) in [5, 5.41) is 23.3. The Morgan fingerprint density at radius 1 is 1.00 bits per heavy atom. The molecular weight excluding hydrogens is 336 g/mol. The van der Waals surface area contributed by atoms with Crippen molar-refractivity contribution in [1.29, 1.82) is 0 Å². The topological polar surface area (TPSA) is 78.7 Å². The fraction of sp³-hybridized carbons (Fsp3) is 0.438. The maximum Gasteiger partial charge on any atom is 0.235 e. The molecule has 0 saturated carbocycles. The predicted octanol–water partition coefficient (Wildman–Crippen LogP) is 2.73. The summed E-state index contributed by atoms with van der Waals surface area (Å²) < 4.78 is 5.56. The molecule has 0 aliphatic carbocycles. The Kier molecular flexibility index (Phi) is 3.50. The Labute approximate surface area is 149 Å². The highest BCUT2D eigenvalue weighted by Crippen LogP contribution is 2.31. The standard InChI is InChI=1S/C16H20N8S/c1-8(2)12-7-11(20-23(12)6)15-21-24-14(17-18-16(24)25-15)13-9(3)19-22(5)10(13)4/h7-8H,1-6H3. The first-order chi connectivity index (χ1) is 11.9. The molecule has 0 atom stereocenters. The molecular formula is C16H20N8S. The van der Waals surface area contributed by atoms with E-state index < -0.39 is 0 Å². The maximum atomic E-state index is 4.72. The van der Waals surface area contributed by atoms with Gasteiger partial charge >= 0.3 is 0 Å². The van der Waals surface area contributed by atoms with Crippen molar-refractivity contribution in [2.45, 2.75) is 33.6 Å². The lowest BCUT2D eigenvalue weighted by atomic mass is 10.1. The predicted molar refractivity (Wildman–Crippen MR) is 96.6 cm³/mol. The summed E-state index contributed by atoms with van der Waals surface area (Å²) >= 11 is 1.49. The molecule has 0 N–H and O–H groups in total. The van der Waals surface area contributed by atoms with Crippen LogP contribution in [0.25, 0.3) is 27.1 Å². The lowest BCUT2D eigenvalue weighted by Crippen LogP contribution is -1.99. The van der Waals surface area contributed by atoms with Crippen molar-refractivity contribution < 1.29 is 0 Å². The lowest BCUT2D eigenvalue weighted by molar-refractivity contribution is 0.670. The Morgan fingerprint density at radius 3 is 2.36 bits per heavy atom. The van der Waals surface area contributed by atoms with Gasteiger partial charge in [0.05, 0.1) is 11.3 Å². The second kappa shape index (κ2) is 5.48. The molecule has 0 aliphatic rings. The normalized spacial score (nSPS) is 12.0.